The predicted molar refractivity (Wildman–Crippen MR) is 86.6 cm³/mol. The van der Waals surface area contributed by atoms with E-state index in [0.29, 0.717) is 39.1 Å². The Morgan fingerprint density at radius 2 is 1.68 bits per heavy atom. The molecule has 4 aliphatic rings. The maximum absolute atomic E-state index is 13.0. The van der Waals surface area contributed by atoms with E-state index in [9.17, 15) is 9.59 Å². The standard InChI is InChI=1S/C18H28O7/c1-4-22-14(19)16-7-8-17(11-13(16)21-3,15(20)23-5-2)18(12-16)24-9-6-10-25-18/h13H,4-12H2,1-3H3/t13-,16-,17+/m1/s1. The second kappa shape index (κ2) is 6.85. The van der Waals surface area contributed by atoms with Crippen LogP contribution in [0.4, 0.5) is 0 Å². The average Bonchev–Trinajstić information content (AvgIpc) is 2.63. The summed E-state index contributed by atoms with van der Waals surface area (Å²) in [6, 6.07) is 0. The number of hydrogen-bond acceptors (Lipinski definition) is 7. The van der Waals surface area contributed by atoms with Crippen molar-refractivity contribution in [2.24, 2.45) is 10.8 Å². The highest BCUT2D eigenvalue weighted by atomic mass is 16.7. The van der Waals surface area contributed by atoms with E-state index in [1.807, 2.05) is 0 Å². The molecule has 1 heterocycles. The van der Waals surface area contributed by atoms with E-state index in [1.165, 1.54) is 0 Å². The Kier molecular flexibility index (Phi) is 5.10. The van der Waals surface area contributed by atoms with Crippen molar-refractivity contribution in [1.29, 1.82) is 0 Å². The molecule has 25 heavy (non-hydrogen) atoms. The number of carbonyl (C=O) groups is 2. The topological polar surface area (TPSA) is 80.3 Å². The van der Waals surface area contributed by atoms with Crippen molar-refractivity contribution in [3.8, 4) is 0 Å². The summed E-state index contributed by atoms with van der Waals surface area (Å²) in [7, 11) is 1.57. The number of methoxy groups -OCH3 is 1. The van der Waals surface area contributed by atoms with Gasteiger partial charge in [-0.3, -0.25) is 9.59 Å². The lowest BCUT2D eigenvalue weighted by Crippen LogP contribution is -2.72. The van der Waals surface area contributed by atoms with Crippen molar-refractivity contribution < 1.29 is 33.3 Å². The first-order valence-corrected chi connectivity index (χ1v) is 9.15. The van der Waals surface area contributed by atoms with E-state index in [1.54, 1.807) is 21.0 Å². The Bertz CT molecular complexity index is 528. The van der Waals surface area contributed by atoms with E-state index >= 15 is 0 Å². The molecule has 0 aromatic carbocycles. The van der Waals surface area contributed by atoms with Crippen LogP contribution in [0.2, 0.25) is 0 Å². The molecule has 0 N–H and O–H groups in total. The Hall–Kier alpha value is -1.18. The molecule has 7 nitrogen and oxygen atoms in total. The fourth-order valence-electron chi connectivity index (χ4n) is 4.80. The number of esters is 2. The third-order valence-corrected chi connectivity index (χ3v) is 6.02. The Labute approximate surface area is 148 Å². The van der Waals surface area contributed by atoms with Crippen LogP contribution in [0.1, 0.15) is 46.0 Å². The fourth-order valence-corrected chi connectivity index (χ4v) is 4.80. The minimum absolute atomic E-state index is 0.260. The van der Waals surface area contributed by atoms with Gasteiger partial charge >= 0.3 is 11.9 Å². The van der Waals surface area contributed by atoms with Crippen molar-refractivity contribution in [3.05, 3.63) is 0 Å². The third kappa shape index (κ3) is 2.59. The second-order valence-corrected chi connectivity index (χ2v) is 7.09. The summed E-state index contributed by atoms with van der Waals surface area (Å²) in [5.41, 5.74) is -1.80. The molecule has 2 bridgehead atoms. The van der Waals surface area contributed by atoms with Crippen LogP contribution in [0.3, 0.4) is 0 Å². The Balaban J connectivity index is 2.04. The van der Waals surface area contributed by atoms with Crippen LogP contribution in [0.5, 0.6) is 0 Å². The number of carbonyl (C=O) groups excluding carboxylic acids is 2. The van der Waals surface area contributed by atoms with Crippen molar-refractivity contribution in [2.45, 2.75) is 57.8 Å². The highest BCUT2D eigenvalue weighted by Gasteiger charge is 2.75. The first-order valence-electron chi connectivity index (χ1n) is 9.15. The minimum Gasteiger partial charge on any atom is -0.465 e. The number of fused-ring (bicyclic) bond motifs is 2. The van der Waals surface area contributed by atoms with Crippen LogP contribution in [-0.2, 0) is 33.3 Å². The second-order valence-electron chi connectivity index (χ2n) is 7.09. The molecule has 1 saturated heterocycles. The number of rotatable bonds is 5. The monoisotopic (exact) mass is 356 g/mol. The van der Waals surface area contributed by atoms with E-state index < -0.39 is 22.7 Å². The fraction of sp³-hybridized carbons (Fsp3) is 0.889. The normalized spacial score (nSPS) is 36.2. The quantitative estimate of drug-likeness (QED) is 0.695. The van der Waals surface area contributed by atoms with Gasteiger partial charge in [-0.05, 0) is 39.5 Å². The lowest BCUT2D eigenvalue weighted by Gasteiger charge is -2.63. The van der Waals surface area contributed by atoms with Gasteiger partial charge in [-0.15, -0.1) is 0 Å². The summed E-state index contributed by atoms with van der Waals surface area (Å²) >= 11 is 0. The van der Waals surface area contributed by atoms with Crippen molar-refractivity contribution >= 4 is 11.9 Å². The lowest BCUT2D eigenvalue weighted by molar-refractivity contribution is -0.372. The Morgan fingerprint density at radius 1 is 1.04 bits per heavy atom. The van der Waals surface area contributed by atoms with Gasteiger partial charge < -0.3 is 23.7 Å². The van der Waals surface area contributed by atoms with E-state index in [0.717, 1.165) is 6.42 Å². The molecule has 0 amide bonds. The molecule has 0 aromatic heterocycles. The lowest BCUT2D eigenvalue weighted by atomic mass is 9.49. The van der Waals surface area contributed by atoms with E-state index in [4.69, 9.17) is 23.7 Å². The third-order valence-electron chi connectivity index (χ3n) is 6.02. The Morgan fingerprint density at radius 3 is 2.28 bits per heavy atom. The van der Waals surface area contributed by atoms with Crippen LogP contribution < -0.4 is 0 Å². The molecule has 7 heteroatoms. The molecule has 0 aromatic rings. The van der Waals surface area contributed by atoms with Crippen LogP contribution in [0.15, 0.2) is 0 Å². The molecule has 0 unspecified atom stereocenters. The van der Waals surface area contributed by atoms with E-state index in [2.05, 4.69) is 0 Å². The SMILES string of the molecule is CCOC(=O)[C@@]12CC[C@@](C(=O)OCC)(C[C@H]1OC)C1(C2)OCCCO1. The molecule has 1 spiro atoms. The largest absolute Gasteiger partial charge is 0.465 e. The first-order chi connectivity index (χ1) is 12.0. The van der Waals surface area contributed by atoms with Crippen LogP contribution in [0.25, 0.3) is 0 Å². The van der Waals surface area contributed by atoms with Gasteiger partial charge in [-0.25, -0.2) is 0 Å². The molecule has 3 atom stereocenters. The van der Waals surface area contributed by atoms with Gasteiger partial charge in [0.25, 0.3) is 0 Å². The van der Waals surface area contributed by atoms with Gasteiger partial charge in [0, 0.05) is 13.5 Å². The smallest absolute Gasteiger partial charge is 0.317 e. The van der Waals surface area contributed by atoms with Crippen molar-refractivity contribution in [3.63, 3.8) is 0 Å². The molecule has 3 aliphatic carbocycles. The number of ether oxygens (including phenoxy) is 5. The summed E-state index contributed by atoms with van der Waals surface area (Å²) in [5.74, 6) is -1.76. The summed E-state index contributed by atoms with van der Waals surface area (Å²) < 4.78 is 28.6. The average molecular weight is 356 g/mol. The maximum Gasteiger partial charge on any atom is 0.317 e. The predicted octanol–water partition coefficient (Wildman–Crippen LogP) is 1.82. The first kappa shape index (κ1) is 18.6. The van der Waals surface area contributed by atoms with Crippen molar-refractivity contribution in [2.75, 3.05) is 33.5 Å². The summed E-state index contributed by atoms with van der Waals surface area (Å²) in [5, 5.41) is 0. The van der Waals surface area contributed by atoms with Crippen LogP contribution >= 0.6 is 0 Å². The molecular weight excluding hydrogens is 328 g/mol. The zero-order valence-electron chi connectivity index (χ0n) is 15.3. The zero-order chi connectivity index (χ0) is 18.1. The van der Waals surface area contributed by atoms with E-state index in [-0.39, 0.29) is 25.0 Å². The summed E-state index contributed by atoms with van der Waals surface area (Å²) in [4.78, 5) is 25.8. The summed E-state index contributed by atoms with van der Waals surface area (Å²) in [6.07, 6.45) is 1.89. The van der Waals surface area contributed by atoms with Gasteiger partial charge in [0.2, 0.25) is 0 Å². The highest BCUT2D eigenvalue weighted by molar-refractivity contribution is 5.84. The van der Waals surface area contributed by atoms with Gasteiger partial charge in [0.1, 0.15) is 5.41 Å². The van der Waals surface area contributed by atoms with Crippen LogP contribution in [-0.4, -0.2) is 57.4 Å². The molecule has 0 radical (unpaired) electrons. The molecule has 1 aliphatic heterocycles. The highest BCUT2D eigenvalue weighted by Crippen LogP contribution is 2.65. The van der Waals surface area contributed by atoms with Gasteiger partial charge in [-0.1, -0.05) is 0 Å². The zero-order valence-corrected chi connectivity index (χ0v) is 15.3. The molecule has 4 rings (SSSR count). The maximum atomic E-state index is 13.0. The summed E-state index contributed by atoms with van der Waals surface area (Å²) in [6.45, 7) is 5.15. The number of hydrogen-bond donors (Lipinski definition) is 0. The molecule has 142 valence electrons. The molecule has 4 fully saturated rings. The van der Waals surface area contributed by atoms with Gasteiger partial charge in [0.15, 0.2) is 5.79 Å². The van der Waals surface area contributed by atoms with Crippen molar-refractivity contribution in [1.82, 2.24) is 0 Å². The van der Waals surface area contributed by atoms with Gasteiger partial charge in [0.05, 0.1) is 37.9 Å². The molecular formula is C18H28O7. The van der Waals surface area contributed by atoms with Gasteiger partial charge in [-0.2, -0.15) is 0 Å². The molecule has 3 saturated carbocycles. The van der Waals surface area contributed by atoms with Crippen LogP contribution in [0, 0.1) is 10.8 Å². The minimum atomic E-state index is -1.14.